The third kappa shape index (κ3) is 2.14. The Balaban J connectivity index is 1.96. The zero-order chi connectivity index (χ0) is 11.7. The molecule has 2 aromatic rings. The molecule has 0 saturated carbocycles. The number of piperidine rings is 1. The van der Waals surface area contributed by atoms with Gasteiger partial charge in [0.2, 0.25) is 0 Å². The van der Waals surface area contributed by atoms with Crippen LogP contribution in [0.2, 0.25) is 0 Å². The average Bonchev–Trinajstić information content (AvgIpc) is 2.82. The lowest BCUT2D eigenvalue weighted by Gasteiger charge is -2.34. The van der Waals surface area contributed by atoms with Crippen LogP contribution < -0.4 is 4.90 Å². The lowest BCUT2D eigenvalue weighted by atomic mass is 10.0. The van der Waals surface area contributed by atoms with Gasteiger partial charge in [-0.3, -0.25) is 0 Å². The predicted octanol–water partition coefficient (Wildman–Crippen LogP) is 3.89. The highest BCUT2D eigenvalue weighted by atomic mass is 35.5. The number of aromatic nitrogens is 1. The van der Waals surface area contributed by atoms with Gasteiger partial charge in [0.05, 0.1) is 10.2 Å². The molecule has 17 heavy (non-hydrogen) atoms. The van der Waals surface area contributed by atoms with E-state index in [-0.39, 0.29) is 0 Å². The van der Waals surface area contributed by atoms with Gasteiger partial charge in [-0.25, -0.2) is 4.98 Å². The van der Waals surface area contributed by atoms with Crippen LogP contribution in [0.1, 0.15) is 19.3 Å². The van der Waals surface area contributed by atoms with Gasteiger partial charge >= 0.3 is 0 Å². The summed E-state index contributed by atoms with van der Waals surface area (Å²) in [7, 11) is 0. The normalized spacial score (nSPS) is 21.0. The number of hydrogen-bond acceptors (Lipinski definition) is 3. The van der Waals surface area contributed by atoms with E-state index in [0.717, 1.165) is 17.2 Å². The standard InChI is InChI=1S/C13H15ClN2S/c14-9-10-5-3-4-8-16(10)13-15-11-6-1-2-7-12(11)17-13/h1-2,6-7,10H,3-5,8-9H2. The van der Waals surface area contributed by atoms with Gasteiger partial charge in [0.1, 0.15) is 0 Å². The first-order valence-electron chi connectivity index (χ1n) is 6.06. The molecule has 0 aliphatic carbocycles. The molecule has 1 aliphatic rings. The molecule has 1 aromatic carbocycles. The Labute approximate surface area is 110 Å². The molecule has 0 amide bonds. The summed E-state index contributed by atoms with van der Waals surface area (Å²) in [6.07, 6.45) is 3.74. The number of thiazole rings is 1. The topological polar surface area (TPSA) is 16.1 Å². The van der Waals surface area contributed by atoms with E-state index in [1.54, 1.807) is 11.3 Å². The summed E-state index contributed by atoms with van der Waals surface area (Å²) in [6.45, 7) is 1.09. The molecule has 0 spiro atoms. The van der Waals surface area contributed by atoms with Crippen LogP contribution in [0.5, 0.6) is 0 Å². The largest absolute Gasteiger partial charge is 0.344 e. The smallest absolute Gasteiger partial charge is 0.186 e. The maximum atomic E-state index is 6.06. The first-order chi connectivity index (χ1) is 8.38. The number of fused-ring (bicyclic) bond motifs is 1. The Bertz CT molecular complexity index is 478. The van der Waals surface area contributed by atoms with E-state index in [1.807, 2.05) is 6.07 Å². The second kappa shape index (κ2) is 4.83. The Hall–Kier alpha value is -0.800. The van der Waals surface area contributed by atoms with Gasteiger partial charge in [-0.15, -0.1) is 11.6 Å². The fraction of sp³-hybridized carbons (Fsp3) is 0.462. The molecule has 1 aliphatic heterocycles. The monoisotopic (exact) mass is 266 g/mol. The summed E-state index contributed by atoms with van der Waals surface area (Å²) in [5.41, 5.74) is 1.10. The number of rotatable bonds is 2. The molecule has 0 bridgehead atoms. The summed E-state index contributed by atoms with van der Waals surface area (Å²) in [6, 6.07) is 8.79. The molecule has 3 rings (SSSR count). The average molecular weight is 267 g/mol. The van der Waals surface area contributed by atoms with Gasteiger partial charge in [0.25, 0.3) is 0 Å². The van der Waals surface area contributed by atoms with Gasteiger partial charge < -0.3 is 4.90 Å². The highest BCUT2D eigenvalue weighted by molar-refractivity contribution is 7.22. The van der Waals surface area contributed by atoms with Crippen molar-refractivity contribution in [2.75, 3.05) is 17.3 Å². The van der Waals surface area contributed by atoms with Crippen LogP contribution >= 0.6 is 22.9 Å². The van der Waals surface area contributed by atoms with Gasteiger partial charge in [-0.2, -0.15) is 0 Å². The van der Waals surface area contributed by atoms with E-state index in [9.17, 15) is 0 Å². The number of hydrogen-bond donors (Lipinski definition) is 0. The highest BCUT2D eigenvalue weighted by Crippen LogP contribution is 2.32. The minimum atomic E-state index is 0.464. The number of nitrogens with zero attached hydrogens (tertiary/aromatic N) is 2. The van der Waals surface area contributed by atoms with Crippen molar-refractivity contribution < 1.29 is 0 Å². The van der Waals surface area contributed by atoms with E-state index >= 15 is 0 Å². The van der Waals surface area contributed by atoms with E-state index in [1.165, 1.54) is 24.0 Å². The van der Waals surface area contributed by atoms with Crippen LogP contribution in [0, 0.1) is 0 Å². The Morgan fingerprint density at radius 3 is 3.06 bits per heavy atom. The third-order valence-electron chi connectivity index (χ3n) is 3.33. The molecule has 4 heteroatoms. The van der Waals surface area contributed by atoms with Crippen LogP contribution in [-0.4, -0.2) is 23.5 Å². The SMILES string of the molecule is ClCC1CCCCN1c1nc2ccccc2s1. The number of alkyl halides is 1. The molecular weight excluding hydrogens is 252 g/mol. The number of para-hydroxylation sites is 1. The Kier molecular flexibility index (Phi) is 3.21. The van der Waals surface area contributed by atoms with Crippen molar-refractivity contribution >= 4 is 38.3 Å². The Morgan fingerprint density at radius 1 is 1.35 bits per heavy atom. The van der Waals surface area contributed by atoms with Crippen molar-refractivity contribution in [2.24, 2.45) is 0 Å². The second-order valence-corrected chi connectivity index (χ2v) is 5.78. The molecule has 2 heterocycles. The first kappa shape index (κ1) is 11.3. The van der Waals surface area contributed by atoms with Crippen LogP contribution in [0.3, 0.4) is 0 Å². The highest BCUT2D eigenvalue weighted by Gasteiger charge is 2.24. The fourth-order valence-corrected chi connectivity index (χ4v) is 3.78. The summed E-state index contributed by atoms with van der Waals surface area (Å²) in [4.78, 5) is 7.11. The first-order valence-corrected chi connectivity index (χ1v) is 7.42. The zero-order valence-electron chi connectivity index (χ0n) is 9.60. The molecule has 2 nitrogen and oxygen atoms in total. The van der Waals surface area contributed by atoms with E-state index in [4.69, 9.17) is 16.6 Å². The zero-order valence-corrected chi connectivity index (χ0v) is 11.2. The summed E-state index contributed by atoms with van der Waals surface area (Å²) in [5, 5.41) is 1.14. The van der Waals surface area contributed by atoms with Gasteiger partial charge in [-0.1, -0.05) is 23.5 Å². The van der Waals surface area contributed by atoms with Crippen LogP contribution in [0.25, 0.3) is 10.2 Å². The van der Waals surface area contributed by atoms with Crippen molar-refractivity contribution in [3.8, 4) is 0 Å². The Morgan fingerprint density at radius 2 is 2.24 bits per heavy atom. The van der Waals surface area contributed by atoms with E-state index in [2.05, 4.69) is 23.1 Å². The minimum Gasteiger partial charge on any atom is -0.344 e. The van der Waals surface area contributed by atoms with Gasteiger partial charge in [0.15, 0.2) is 5.13 Å². The fourth-order valence-electron chi connectivity index (χ4n) is 2.40. The molecule has 1 fully saturated rings. The number of halogens is 1. The second-order valence-electron chi connectivity index (χ2n) is 4.46. The van der Waals surface area contributed by atoms with Crippen molar-refractivity contribution in [3.05, 3.63) is 24.3 Å². The van der Waals surface area contributed by atoms with Gasteiger partial charge in [-0.05, 0) is 31.4 Å². The maximum Gasteiger partial charge on any atom is 0.186 e. The third-order valence-corrected chi connectivity index (χ3v) is 4.76. The van der Waals surface area contributed by atoms with Gasteiger partial charge in [0, 0.05) is 18.5 Å². The quantitative estimate of drug-likeness (QED) is 0.767. The van der Waals surface area contributed by atoms with Crippen molar-refractivity contribution in [2.45, 2.75) is 25.3 Å². The van der Waals surface area contributed by atoms with Crippen molar-refractivity contribution in [3.63, 3.8) is 0 Å². The maximum absolute atomic E-state index is 6.06. The molecule has 0 N–H and O–H groups in total. The van der Waals surface area contributed by atoms with E-state index in [0.29, 0.717) is 11.9 Å². The van der Waals surface area contributed by atoms with Crippen molar-refractivity contribution in [1.29, 1.82) is 0 Å². The van der Waals surface area contributed by atoms with Crippen LogP contribution in [0.15, 0.2) is 24.3 Å². The van der Waals surface area contributed by atoms with Crippen LogP contribution in [-0.2, 0) is 0 Å². The molecule has 1 unspecified atom stereocenters. The lowest BCUT2D eigenvalue weighted by Crippen LogP contribution is -2.40. The summed E-state index contributed by atoms with van der Waals surface area (Å²) in [5.74, 6) is 0.704. The molecular formula is C13H15ClN2S. The number of benzene rings is 1. The van der Waals surface area contributed by atoms with Crippen molar-refractivity contribution in [1.82, 2.24) is 4.98 Å². The minimum absolute atomic E-state index is 0.464. The summed E-state index contributed by atoms with van der Waals surface area (Å²) >= 11 is 7.84. The number of anilines is 1. The lowest BCUT2D eigenvalue weighted by molar-refractivity contribution is 0.487. The molecule has 1 aromatic heterocycles. The molecule has 1 atom stereocenters. The molecule has 90 valence electrons. The van der Waals surface area contributed by atoms with E-state index < -0.39 is 0 Å². The molecule has 1 saturated heterocycles. The summed E-state index contributed by atoms with van der Waals surface area (Å²) < 4.78 is 1.27. The van der Waals surface area contributed by atoms with Crippen LogP contribution in [0.4, 0.5) is 5.13 Å². The molecule has 0 radical (unpaired) electrons. The predicted molar refractivity (Wildman–Crippen MR) is 75.3 cm³/mol.